The zero-order valence-electron chi connectivity index (χ0n) is 19.5. The zero-order valence-corrected chi connectivity index (χ0v) is 21.1. The topological polar surface area (TPSA) is 81.2 Å². The van der Waals surface area contributed by atoms with Crippen LogP contribution in [-0.4, -0.2) is 45.6 Å². The summed E-state index contributed by atoms with van der Waals surface area (Å²) in [5, 5.41) is 10.8. The maximum Gasteiger partial charge on any atom is 0.234 e. The molecule has 3 heterocycles. The second-order valence-corrected chi connectivity index (χ2v) is 10.0. The average Bonchev–Trinajstić information content (AvgIpc) is 3.49. The summed E-state index contributed by atoms with van der Waals surface area (Å²) < 4.78 is 5.79. The van der Waals surface area contributed by atoms with E-state index in [0.29, 0.717) is 10.7 Å². The molecule has 35 heavy (non-hydrogen) atoms. The maximum atomic E-state index is 12.4. The molecule has 0 saturated carbocycles. The highest BCUT2D eigenvalue weighted by Crippen LogP contribution is 2.35. The molecule has 1 fully saturated rings. The van der Waals surface area contributed by atoms with Gasteiger partial charge in [0.05, 0.1) is 35.2 Å². The second-order valence-electron chi connectivity index (χ2n) is 8.65. The van der Waals surface area contributed by atoms with Gasteiger partial charge in [0, 0.05) is 12.4 Å². The average molecular weight is 513 g/mol. The van der Waals surface area contributed by atoms with Crippen LogP contribution in [0.25, 0.3) is 0 Å². The fourth-order valence-electron chi connectivity index (χ4n) is 4.38. The summed E-state index contributed by atoms with van der Waals surface area (Å²) in [6.45, 7) is 2.91. The predicted molar refractivity (Wildman–Crippen MR) is 141 cm³/mol. The molecular weight excluding hydrogens is 484 g/mol. The number of anilines is 1. The number of hydrogen-bond acceptors (Lipinski definition) is 8. The van der Waals surface area contributed by atoms with Crippen LogP contribution in [0.4, 0.5) is 5.69 Å². The van der Waals surface area contributed by atoms with Crippen molar-refractivity contribution in [1.82, 2.24) is 20.8 Å². The molecule has 3 aliphatic heterocycles. The Morgan fingerprint density at radius 3 is 2.86 bits per heavy atom. The van der Waals surface area contributed by atoms with Crippen molar-refractivity contribution in [3.05, 3.63) is 71.5 Å². The molecule has 1 saturated heterocycles. The number of para-hydroxylation sites is 1. The Kier molecular flexibility index (Phi) is 7.36. The number of hydrazine groups is 1. The molecule has 8 nitrogen and oxygen atoms in total. The molecule has 5 rings (SSSR count). The van der Waals surface area contributed by atoms with E-state index >= 15 is 0 Å². The van der Waals surface area contributed by atoms with Crippen LogP contribution in [-0.2, 0) is 4.79 Å². The van der Waals surface area contributed by atoms with E-state index in [-0.39, 0.29) is 29.9 Å². The molecule has 3 N–H and O–H groups in total. The number of hydrazone groups is 1. The number of fused-ring (bicyclic) bond motifs is 3. The second kappa shape index (κ2) is 10.8. The maximum absolute atomic E-state index is 12.4. The lowest BCUT2D eigenvalue weighted by Crippen LogP contribution is -2.54. The van der Waals surface area contributed by atoms with Crippen molar-refractivity contribution >= 4 is 40.1 Å². The van der Waals surface area contributed by atoms with Gasteiger partial charge in [0.25, 0.3) is 0 Å². The Bertz CT molecular complexity index is 1110. The van der Waals surface area contributed by atoms with Gasteiger partial charge in [-0.25, -0.2) is 5.43 Å². The lowest BCUT2D eigenvalue weighted by Gasteiger charge is -2.36. The fourth-order valence-corrected chi connectivity index (χ4v) is 5.33. The van der Waals surface area contributed by atoms with E-state index < -0.39 is 0 Å². The van der Waals surface area contributed by atoms with E-state index in [9.17, 15) is 4.79 Å². The molecule has 0 bridgehead atoms. The molecule has 3 unspecified atom stereocenters. The molecule has 3 atom stereocenters. The van der Waals surface area contributed by atoms with Crippen LogP contribution in [0.15, 0.2) is 66.0 Å². The molecule has 10 heteroatoms. The molecule has 0 aromatic heterocycles. The summed E-state index contributed by atoms with van der Waals surface area (Å²) in [7, 11) is 0. The molecule has 0 aliphatic carbocycles. The zero-order chi connectivity index (χ0) is 24.2. The number of carbonyl (C=O) groups excluding carboxylic acids is 1. The van der Waals surface area contributed by atoms with E-state index in [4.69, 9.17) is 16.3 Å². The largest absolute Gasteiger partial charge is 0.494 e. The Labute approximate surface area is 214 Å². The number of nitrogens with one attached hydrogen (secondary N) is 3. The van der Waals surface area contributed by atoms with Crippen molar-refractivity contribution < 1.29 is 9.53 Å². The summed E-state index contributed by atoms with van der Waals surface area (Å²) in [5.74, 6) is 1.03. The Morgan fingerprint density at radius 1 is 1.23 bits per heavy atom. The van der Waals surface area contributed by atoms with Crippen molar-refractivity contribution in [3.8, 4) is 5.75 Å². The summed E-state index contributed by atoms with van der Waals surface area (Å²) in [5.41, 5.74) is 8.70. The summed E-state index contributed by atoms with van der Waals surface area (Å²) in [6, 6.07) is 16.0. The van der Waals surface area contributed by atoms with Gasteiger partial charge in [-0.2, -0.15) is 5.10 Å². The van der Waals surface area contributed by atoms with Crippen LogP contribution in [0.2, 0.25) is 5.02 Å². The number of ether oxygens (including phenoxy) is 1. The molecule has 184 valence electrons. The monoisotopic (exact) mass is 512 g/mol. The van der Waals surface area contributed by atoms with Crippen LogP contribution < -0.4 is 20.9 Å². The molecule has 0 radical (unpaired) electrons. The van der Waals surface area contributed by atoms with Gasteiger partial charge in [-0.3, -0.25) is 10.2 Å². The minimum atomic E-state index is -0.124. The van der Waals surface area contributed by atoms with E-state index in [0.717, 1.165) is 36.8 Å². The third-order valence-corrected chi connectivity index (χ3v) is 7.53. The summed E-state index contributed by atoms with van der Waals surface area (Å²) in [6.07, 6.45) is 7.16. The number of halogens is 1. The number of amides is 1. The van der Waals surface area contributed by atoms with Crippen LogP contribution in [0.3, 0.4) is 0 Å². The number of rotatable bonds is 8. The van der Waals surface area contributed by atoms with Crippen molar-refractivity contribution in [2.24, 2.45) is 5.10 Å². The molecule has 2 aromatic carbocycles. The molecular formula is C25H29ClN6O2S. The number of hydrogen-bond donors (Lipinski definition) is 3. The van der Waals surface area contributed by atoms with E-state index in [1.165, 1.54) is 17.3 Å². The van der Waals surface area contributed by atoms with Gasteiger partial charge in [-0.15, -0.1) is 0 Å². The van der Waals surface area contributed by atoms with Gasteiger partial charge in [0.1, 0.15) is 11.9 Å². The SMILES string of the molecule is CCCCOc1ccc(C2CC3C4NN=C(SCC(=O)Nc5ccccc5Cl)N4C=CN3N2)cc1. The van der Waals surface area contributed by atoms with Gasteiger partial charge >= 0.3 is 0 Å². The minimum absolute atomic E-state index is 0.00304. The summed E-state index contributed by atoms with van der Waals surface area (Å²) in [4.78, 5) is 14.5. The smallest absolute Gasteiger partial charge is 0.234 e. The predicted octanol–water partition coefficient (Wildman–Crippen LogP) is 4.50. The number of carbonyl (C=O) groups is 1. The number of unbranched alkanes of at least 4 members (excludes halogenated alkanes) is 1. The quantitative estimate of drug-likeness (QED) is 0.449. The van der Waals surface area contributed by atoms with Crippen molar-refractivity contribution in [3.63, 3.8) is 0 Å². The third-order valence-electron chi connectivity index (χ3n) is 6.23. The molecule has 0 spiro atoms. The highest BCUT2D eigenvalue weighted by molar-refractivity contribution is 8.14. The Balaban J connectivity index is 1.15. The van der Waals surface area contributed by atoms with Gasteiger partial charge in [0.2, 0.25) is 5.91 Å². The van der Waals surface area contributed by atoms with Crippen LogP contribution in [0.1, 0.15) is 37.8 Å². The van der Waals surface area contributed by atoms with Crippen LogP contribution >= 0.6 is 23.4 Å². The highest BCUT2D eigenvalue weighted by Gasteiger charge is 2.44. The third kappa shape index (κ3) is 5.37. The number of thioether (sulfide) groups is 1. The van der Waals surface area contributed by atoms with E-state index in [2.05, 4.69) is 50.2 Å². The lowest BCUT2D eigenvalue weighted by molar-refractivity contribution is -0.113. The summed E-state index contributed by atoms with van der Waals surface area (Å²) >= 11 is 7.54. The van der Waals surface area contributed by atoms with E-state index in [1.54, 1.807) is 12.1 Å². The highest BCUT2D eigenvalue weighted by atomic mass is 35.5. The standard InChI is InChI=1S/C25H29ClN6O2S/c1-2-3-14-34-18-10-8-17(9-11-18)21-15-22-24-28-29-25(31(24)12-13-32(22)30-21)35-16-23(33)27-20-7-5-4-6-19(20)26/h4-13,21-22,24,28,30H,2-3,14-16H2,1H3,(H,27,33). The van der Waals surface area contributed by atoms with Crippen molar-refractivity contribution in [2.75, 3.05) is 17.7 Å². The normalized spacial score (nSPS) is 22.3. The number of benzene rings is 2. The molecule has 2 aromatic rings. The molecule has 3 aliphatic rings. The van der Waals surface area contributed by atoms with Gasteiger partial charge in [0.15, 0.2) is 5.17 Å². The van der Waals surface area contributed by atoms with Crippen molar-refractivity contribution in [1.29, 1.82) is 0 Å². The first-order valence-corrected chi connectivity index (χ1v) is 13.2. The Morgan fingerprint density at radius 2 is 2.06 bits per heavy atom. The Hall–Kier alpha value is -2.88. The van der Waals surface area contributed by atoms with Crippen LogP contribution in [0, 0.1) is 0 Å². The first-order valence-electron chi connectivity index (χ1n) is 11.9. The van der Waals surface area contributed by atoms with Gasteiger partial charge in [-0.1, -0.05) is 61.0 Å². The van der Waals surface area contributed by atoms with Crippen molar-refractivity contribution in [2.45, 2.75) is 44.4 Å². The number of nitrogens with zero attached hydrogens (tertiary/aromatic N) is 3. The molecule has 1 amide bonds. The van der Waals surface area contributed by atoms with Gasteiger partial charge in [-0.05, 0) is 42.7 Å². The lowest BCUT2D eigenvalue weighted by atomic mass is 10.00. The van der Waals surface area contributed by atoms with Crippen LogP contribution in [0.5, 0.6) is 5.75 Å². The number of amidine groups is 1. The fraction of sp³-hybridized carbons (Fsp3) is 0.360. The van der Waals surface area contributed by atoms with E-state index in [1.807, 2.05) is 36.7 Å². The minimum Gasteiger partial charge on any atom is -0.494 e. The van der Waals surface area contributed by atoms with Gasteiger partial charge < -0.3 is 20.0 Å². The first kappa shape index (κ1) is 23.8. The first-order chi connectivity index (χ1) is 17.1.